The van der Waals surface area contributed by atoms with E-state index in [-0.39, 0.29) is 6.42 Å². The molecule has 0 aliphatic heterocycles. The summed E-state index contributed by atoms with van der Waals surface area (Å²) in [6.07, 6.45) is 8.34. The number of nitrogens with zero attached hydrogens (tertiary/aromatic N) is 1. The molecule has 154 valence electrons. The maximum atomic E-state index is 10.0. The van der Waals surface area contributed by atoms with Gasteiger partial charge >= 0.3 is 0 Å². The summed E-state index contributed by atoms with van der Waals surface area (Å²) in [6.45, 7) is 3.21. The van der Waals surface area contributed by atoms with Gasteiger partial charge in [0, 0.05) is 11.5 Å². The van der Waals surface area contributed by atoms with Gasteiger partial charge in [0.25, 0.3) is 0 Å². The fourth-order valence-electron chi connectivity index (χ4n) is 3.19. The normalized spacial score (nSPS) is 10.8. The lowest BCUT2D eigenvalue weighted by atomic mass is 10.1. The van der Waals surface area contributed by atoms with E-state index in [0.717, 1.165) is 23.9 Å². The number of benzene rings is 2. The average molecular weight is 384 g/mol. The second kappa shape index (κ2) is 14.0. The molecule has 0 amide bonds. The Labute approximate surface area is 171 Å². The minimum Gasteiger partial charge on any atom is -0.550 e. The third-order valence-corrected chi connectivity index (χ3v) is 4.86. The molecule has 0 heterocycles. The maximum absolute atomic E-state index is 10.0. The summed E-state index contributed by atoms with van der Waals surface area (Å²) in [6, 6.07) is 21.2. The van der Waals surface area contributed by atoms with Crippen LogP contribution in [0.15, 0.2) is 60.7 Å². The Balaban J connectivity index is 0.000000295. The predicted molar refractivity (Wildman–Crippen MR) is 118 cm³/mol. The second-order valence-electron chi connectivity index (χ2n) is 7.91. The third-order valence-electron chi connectivity index (χ3n) is 4.86. The summed E-state index contributed by atoms with van der Waals surface area (Å²) in [5.41, 5.74) is 2.71. The highest BCUT2D eigenvalue weighted by Gasteiger charge is 2.18. The van der Waals surface area contributed by atoms with Gasteiger partial charge in [-0.1, -0.05) is 94.0 Å². The summed E-state index contributed by atoms with van der Waals surface area (Å²) < 4.78 is 0.880. The van der Waals surface area contributed by atoms with Gasteiger partial charge in [-0.25, -0.2) is 0 Å². The van der Waals surface area contributed by atoms with E-state index in [4.69, 9.17) is 0 Å². The fraction of sp³-hybridized carbons (Fsp3) is 0.480. The van der Waals surface area contributed by atoms with Crippen LogP contribution in [0.1, 0.15) is 63.9 Å². The van der Waals surface area contributed by atoms with Crippen LogP contribution < -0.4 is 9.59 Å². The van der Waals surface area contributed by atoms with Crippen molar-refractivity contribution in [1.82, 2.24) is 4.48 Å². The minimum absolute atomic E-state index is 0.230. The van der Waals surface area contributed by atoms with Crippen molar-refractivity contribution in [2.24, 2.45) is 0 Å². The number of unbranched alkanes of at least 4 members (excludes halogenated alkanes) is 6. The standard InChI is InChI=1S/C15H18N.C10H20O2/c1-16(2,15-11-7-4-8-12-15)13-14-9-5-3-6-10-14;1-2-3-4-5-6-7-8-9-10(11)12/h3-12H,13H2,1-2H3;2-9H2,1H3,(H,11,12)/q+1;/p-1. The van der Waals surface area contributed by atoms with Crippen molar-refractivity contribution >= 4 is 11.7 Å². The molecule has 3 heteroatoms. The molecule has 0 atom stereocenters. The number of rotatable bonds is 11. The number of carboxylic acids is 1. The highest BCUT2D eigenvalue weighted by Crippen LogP contribution is 2.21. The number of hydrogen-bond donors (Lipinski definition) is 0. The van der Waals surface area contributed by atoms with Gasteiger partial charge in [0.05, 0.1) is 14.1 Å². The zero-order valence-corrected chi connectivity index (χ0v) is 17.9. The van der Waals surface area contributed by atoms with Gasteiger partial charge in [0.2, 0.25) is 0 Å². The van der Waals surface area contributed by atoms with E-state index >= 15 is 0 Å². The summed E-state index contributed by atoms with van der Waals surface area (Å²) in [5.74, 6) is -0.913. The average Bonchev–Trinajstić information content (AvgIpc) is 2.69. The van der Waals surface area contributed by atoms with Crippen LogP contribution >= 0.6 is 0 Å². The van der Waals surface area contributed by atoms with Gasteiger partial charge in [-0.15, -0.1) is 0 Å². The summed E-state index contributed by atoms with van der Waals surface area (Å²) in [5, 5.41) is 10.0. The van der Waals surface area contributed by atoms with Crippen LogP contribution in [0.5, 0.6) is 0 Å². The maximum Gasteiger partial charge on any atom is 0.132 e. The smallest absolute Gasteiger partial charge is 0.132 e. The molecule has 0 aromatic heterocycles. The van der Waals surface area contributed by atoms with Crippen molar-refractivity contribution in [3.8, 4) is 0 Å². The molecule has 0 spiro atoms. The van der Waals surface area contributed by atoms with Crippen molar-refractivity contribution in [1.29, 1.82) is 0 Å². The van der Waals surface area contributed by atoms with Gasteiger partial charge in [-0.2, -0.15) is 0 Å². The van der Waals surface area contributed by atoms with E-state index in [2.05, 4.69) is 81.7 Å². The van der Waals surface area contributed by atoms with Crippen LogP contribution in [-0.4, -0.2) is 20.1 Å². The van der Waals surface area contributed by atoms with E-state index in [9.17, 15) is 9.90 Å². The Hall–Kier alpha value is -2.13. The molecular formula is C25H37NO2. The lowest BCUT2D eigenvalue weighted by Gasteiger charge is -2.29. The fourth-order valence-corrected chi connectivity index (χ4v) is 3.19. The summed E-state index contributed by atoms with van der Waals surface area (Å²) >= 11 is 0. The first kappa shape index (κ1) is 23.9. The Bertz CT molecular complexity index is 638. The molecule has 0 radical (unpaired) electrons. The lowest BCUT2D eigenvalue weighted by molar-refractivity contribution is -0.305. The molecule has 0 N–H and O–H groups in total. The lowest BCUT2D eigenvalue weighted by Crippen LogP contribution is -2.39. The molecule has 0 saturated heterocycles. The number of carbonyl (C=O) groups is 1. The Morgan fingerprint density at radius 1 is 0.786 bits per heavy atom. The molecule has 0 aliphatic carbocycles. The molecule has 2 aromatic carbocycles. The number of hydrogen-bond acceptors (Lipinski definition) is 2. The molecule has 2 rings (SSSR count). The quantitative estimate of drug-likeness (QED) is 0.389. The molecule has 2 aromatic rings. The van der Waals surface area contributed by atoms with Crippen molar-refractivity contribution in [2.75, 3.05) is 14.1 Å². The van der Waals surface area contributed by atoms with E-state index in [1.165, 1.54) is 43.4 Å². The molecule has 0 aliphatic rings. The Kier molecular flexibility index (Phi) is 11.9. The van der Waals surface area contributed by atoms with Gasteiger partial charge in [0.1, 0.15) is 12.2 Å². The molecule has 28 heavy (non-hydrogen) atoms. The SMILES string of the molecule is CCCCCCCCCC(=O)[O-].C[N+](C)(Cc1ccccc1)c1ccccc1. The first-order valence-electron chi connectivity index (χ1n) is 10.6. The number of quaternary nitrogens is 1. The molecule has 0 unspecified atom stereocenters. The van der Waals surface area contributed by atoms with Gasteiger partial charge in [-0.3, -0.25) is 4.48 Å². The Morgan fingerprint density at radius 2 is 1.29 bits per heavy atom. The van der Waals surface area contributed by atoms with Gasteiger partial charge in [0.15, 0.2) is 0 Å². The van der Waals surface area contributed by atoms with Crippen LogP contribution in [0.25, 0.3) is 0 Å². The highest BCUT2D eigenvalue weighted by molar-refractivity contribution is 5.64. The monoisotopic (exact) mass is 383 g/mol. The zero-order valence-electron chi connectivity index (χ0n) is 17.9. The topological polar surface area (TPSA) is 40.1 Å². The predicted octanol–water partition coefficient (Wildman–Crippen LogP) is 5.33. The van der Waals surface area contributed by atoms with E-state index in [0.29, 0.717) is 0 Å². The van der Waals surface area contributed by atoms with Crippen molar-refractivity contribution in [2.45, 2.75) is 64.8 Å². The largest absolute Gasteiger partial charge is 0.550 e. The van der Waals surface area contributed by atoms with E-state index < -0.39 is 5.97 Å². The van der Waals surface area contributed by atoms with Crippen LogP contribution in [0.4, 0.5) is 5.69 Å². The number of para-hydroxylation sites is 1. The number of aliphatic carboxylic acids is 1. The molecule has 3 nitrogen and oxygen atoms in total. The first-order valence-corrected chi connectivity index (χ1v) is 10.6. The first-order chi connectivity index (χ1) is 13.5. The van der Waals surface area contributed by atoms with Crippen molar-refractivity contribution < 1.29 is 9.90 Å². The summed E-state index contributed by atoms with van der Waals surface area (Å²) in [7, 11) is 4.48. The Morgan fingerprint density at radius 3 is 1.82 bits per heavy atom. The van der Waals surface area contributed by atoms with Crippen LogP contribution in [0, 0.1) is 0 Å². The van der Waals surface area contributed by atoms with E-state index in [1.807, 2.05) is 0 Å². The van der Waals surface area contributed by atoms with Crippen LogP contribution in [0.3, 0.4) is 0 Å². The van der Waals surface area contributed by atoms with Crippen LogP contribution in [0.2, 0.25) is 0 Å². The summed E-state index contributed by atoms with van der Waals surface area (Å²) in [4.78, 5) is 10.0. The van der Waals surface area contributed by atoms with Gasteiger partial charge in [-0.05, 0) is 25.0 Å². The minimum atomic E-state index is -0.913. The molecule has 0 saturated carbocycles. The van der Waals surface area contributed by atoms with Gasteiger partial charge < -0.3 is 9.90 Å². The zero-order chi connectivity index (χ0) is 20.7. The third kappa shape index (κ3) is 10.9. The second-order valence-corrected chi connectivity index (χ2v) is 7.91. The highest BCUT2D eigenvalue weighted by atomic mass is 16.4. The van der Waals surface area contributed by atoms with Crippen molar-refractivity contribution in [3.05, 3.63) is 66.2 Å². The molecular weight excluding hydrogens is 346 g/mol. The molecule has 0 bridgehead atoms. The van der Waals surface area contributed by atoms with E-state index in [1.54, 1.807) is 0 Å². The van der Waals surface area contributed by atoms with Crippen LogP contribution in [-0.2, 0) is 11.3 Å². The number of carboxylic acid groups (broad SMARTS) is 1. The number of carbonyl (C=O) groups excluding carboxylic acids is 1. The molecule has 0 fully saturated rings. The van der Waals surface area contributed by atoms with Crippen molar-refractivity contribution in [3.63, 3.8) is 0 Å².